The lowest BCUT2D eigenvalue weighted by Gasteiger charge is -2.32. The first-order valence-corrected chi connectivity index (χ1v) is 10.0. The van der Waals surface area contributed by atoms with Gasteiger partial charge in [-0.3, -0.25) is 9.59 Å². The maximum Gasteiger partial charge on any atom is 0.328 e. The van der Waals surface area contributed by atoms with Gasteiger partial charge in [0.2, 0.25) is 0 Å². The van der Waals surface area contributed by atoms with Crippen LogP contribution in [-0.4, -0.2) is 47.6 Å². The molecule has 2 amide bonds. The lowest BCUT2D eigenvalue weighted by Crippen LogP contribution is -2.46. The second-order valence-electron chi connectivity index (χ2n) is 8.23. The summed E-state index contributed by atoms with van der Waals surface area (Å²) in [7, 11) is 1.30. The van der Waals surface area contributed by atoms with Crippen LogP contribution in [0.15, 0.2) is 24.3 Å². The van der Waals surface area contributed by atoms with Crippen molar-refractivity contribution in [2.75, 3.05) is 7.11 Å². The molecule has 2 rings (SSSR count). The molecule has 160 valence electrons. The van der Waals surface area contributed by atoms with Gasteiger partial charge in [-0.2, -0.15) is 0 Å². The van der Waals surface area contributed by atoms with Gasteiger partial charge in [0, 0.05) is 11.6 Å². The molecule has 7 heteroatoms. The molecule has 1 fully saturated rings. The smallest absolute Gasteiger partial charge is 0.328 e. The van der Waals surface area contributed by atoms with E-state index >= 15 is 0 Å². The minimum atomic E-state index is -0.711. The van der Waals surface area contributed by atoms with Crippen LogP contribution in [0.5, 0.6) is 0 Å². The second kappa shape index (κ2) is 8.95. The summed E-state index contributed by atoms with van der Waals surface area (Å²) in [6.07, 6.45) is 0.0230. The number of ether oxygens (including phenoxy) is 2. The van der Waals surface area contributed by atoms with Gasteiger partial charge in [0.15, 0.2) is 6.10 Å². The zero-order valence-electron chi connectivity index (χ0n) is 18.3. The van der Waals surface area contributed by atoms with Crippen LogP contribution < -0.4 is 5.32 Å². The Hall–Kier alpha value is -2.41. The van der Waals surface area contributed by atoms with Gasteiger partial charge >= 0.3 is 5.97 Å². The Morgan fingerprint density at radius 2 is 1.79 bits per heavy atom. The molecule has 29 heavy (non-hydrogen) atoms. The van der Waals surface area contributed by atoms with Crippen molar-refractivity contribution in [3.05, 3.63) is 35.4 Å². The summed E-state index contributed by atoms with van der Waals surface area (Å²) >= 11 is 0. The molecule has 1 heterocycles. The van der Waals surface area contributed by atoms with E-state index in [9.17, 15) is 14.4 Å². The summed E-state index contributed by atoms with van der Waals surface area (Å²) in [6.45, 7) is 11.5. The van der Waals surface area contributed by atoms with Crippen LogP contribution in [0.2, 0.25) is 0 Å². The van der Waals surface area contributed by atoms with E-state index in [1.807, 2.05) is 41.5 Å². The number of nitrogens with one attached hydrogen (secondary N) is 1. The Morgan fingerprint density at radius 1 is 1.21 bits per heavy atom. The summed E-state index contributed by atoms with van der Waals surface area (Å²) in [5.41, 5.74) is 0.390. The average molecular weight is 405 g/mol. The van der Waals surface area contributed by atoms with E-state index in [2.05, 4.69) is 5.32 Å². The Bertz CT molecular complexity index is 757. The highest BCUT2D eigenvalue weighted by molar-refractivity contribution is 5.97. The molecule has 0 saturated carbocycles. The summed E-state index contributed by atoms with van der Waals surface area (Å²) < 4.78 is 10.8. The minimum Gasteiger partial charge on any atom is -0.467 e. The molecule has 0 radical (unpaired) electrons. The normalized spacial score (nSPS) is 20.5. The van der Waals surface area contributed by atoms with E-state index in [0.717, 1.165) is 6.42 Å². The molecule has 1 N–H and O–H groups in total. The number of hydrogen-bond donors (Lipinski definition) is 1. The van der Waals surface area contributed by atoms with Gasteiger partial charge in [0.25, 0.3) is 11.8 Å². The largest absolute Gasteiger partial charge is 0.467 e. The number of nitrogens with zero attached hydrogens (tertiary/aromatic N) is 1. The molecular formula is C22H32N2O5. The van der Waals surface area contributed by atoms with E-state index in [1.54, 1.807) is 29.2 Å². The summed E-state index contributed by atoms with van der Waals surface area (Å²) in [5.74, 6) is -0.982. The highest BCUT2D eigenvalue weighted by Gasteiger charge is 2.47. The van der Waals surface area contributed by atoms with Crippen molar-refractivity contribution < 1.29 is 23.9 Å². The number of esters is 1. The molecule has 1 unspecified atom stereocenters. The van der Waals surface area contributed by atoms with Crippen molar-refractivity contribution in [2.24, 2.45) is 5.92 Å². The molecule has 0 spiro atoms. The zero-order valence-corrected chi connectivity index (χ0v) is 18.3. The number of carbonyl (C=O) groups is 3. The lowest BCUT2D eigenvalue weighted by molar-refractivity contribution is -0.144. The SMILES string of the molecule is CC[C@H](C)[C@H](NC(=O)c1ccc(C2OC(C)(C)N(C(C)C)C2=O)cc1)C(=O)OC. The molecule has 1 aromatic carbocycles. The molecule has 0 aromatic heterocycles. The van der Waals surface area contributed by atoms with Crippen LogP contribution in [-0.2, 0) is 19.1 Å². The van der Waals surface area contributed by atoms with E-state index < -0.39 is 23.8 Å². The molecule has 3 atom stereocenters. The van der Waals surface area contributed by atoms with Crippen LogP contribution in [0.3, 0.4) is 0 Å². The quantitative estimate of drug-likeness (QED) is 0.706. The van der Waals surface area contributed by atoms with Crippen molar-refractivity contribution in [1.29, 1.82) is 0 Å². The number of methoxy groups -OCH3 is 1. The summed E-state index contributed by atoms with van der Waals surface area (Å²) in [6, 6.07) is 6.01. The minimum absolute atomic E-state index is 0.0170. The number of hydrogen-bond acceptors (Lipinski definition) is 5. The highest BCUT2D eigenvalue weighted by atomic mass is 16.6. The highest BCUT2D eigenvalue weighted by Crippen LogP contribution is 2.38. The Balaban J connectivity index is 2.17. The first kappa shape index (κ1) is 22.9. The zero-order chi connectivity index (χ0) is 21.9. The molecular weight excluding hydrogens is 372 g/mol. The predicted octanol–water partition coefficient (Wildman–Crippen LogP) is 3.05. The molecule has 1 saturated heterocycles. The molecule has 0 aliphatic carbocycles. The third-order valence-electron chi connectivity index (χ3n) is 5.39. The Morgan fingerprint density at radius 3 is 2.24 bits per heavy atom. The number of benzene rings is 1. The first-order valence-electron chi connectivity index (χ1n) is 10.0. The number of rotatable bonds is 7. The van der Waals surface area contributed by atoms with E-state index in [-0.39, 0.29) is 23.8 Å². The topological polar surface area (TPSA) is 84.9 Å². The van der Waals surface area contributed by atoms with Crippen LogP contribution in [0.1, 0.15) is 70.0 Å². The van der Waals surface area contributed by atoms with E-state index in [1.165, 1.54) is 7.11 Å². The van der Waals surface area contributed by atoms with Crippen LogP contribution in [0, 0.1) is 5.92 Å². The standard InChI is InChI=1S/C22H32N2O5/c1-8-14(4)17(21(27)28-7)23-19(25)16-11-9-15(10-12-16)18-20(26)24(13(2)3)22(5,6)29-18/h9-14,17-18H,8H2,1-7H3,(H,23,25)/t14-,17-,18?/m0/s1. The van der Waals surface area contributed by atoms with Crippen molar-refractivity contribution in [3.63, 3.8) is 0 Å². The summed E-state index contributed by atoms with van der Waals surface area (Å²) in [5, 5.41) is 2.75. The molecule has 0 bridgehead atoms. The fourth-order valence-electron chi connectivity index (χ4n) is 3.70. The van der Waals surface area contributed by atoms with Gasteiger partial charge < -0.3 is 19.7 Å². The Kier molecular flexibility index (Phi) is 7.06. The third kappa shape index (κ3) is 4.78. The first-order chi connectivity index (χ1) is 13.5. The summed E-state index contributed by atoms with van der Waals surface area (Å²) in [4.78, 5) is 39.1. The molecule has 7 nitrogen and oxygen atoms in total. The van der Waals surface area contributed by atoms with Crippen molar-refractivity contribution in [3.8, 4) is 0 Å². The molecule has 1 aliphatic heterocycles. The van der Waals surface area contributed by atoms with Gasteiger partial charge in [0.1, 0.15) is 11.8 Å². The Labute approximate surface area is 172 Å². The van der Waals surface area contributed by atoms with E-state index in [4.69, 9.17) is 9.47 Å². The molecule has 1 aromatic rings. The van der Waals surface area contributed by atoms with Crippen molar-refractivity contribution >= 4 is 17.8 Å². The average Bonchev–Trinajstić information content (AvgIpc) is 2.93. The van der Waals surface area contributed by atoms with Gasteiger partial charge in [-0.25, -0.2) is 4.79 Å². The maximum atomic E-state index is 12.8. The van der Waals surface area contributed by atoms with Gasteiger partial charge in [-0.15, -0.1) is 0 Å². The van der Waals surface area contributed by atoms with Crippen LogP contribution >= 0.6 is 0 Å². The van der Waals surface area contributed by atoms with Crippen LogP contribution in [0.4, 0.5) is 0 Å². The maximum absolute atomic E-state index is 12.8. The van der Waals surface area contributed by atoms with Crippen molar-refractivity contribution in [2.45, 2.75) is 71.9 Å². The fraction of sp³-hybridized carbons (Fsp3) is 0.591. The fourth-order valence-corrected chi connectivity index (χ4v) is 3.70. The molecule has 1 aliphatic rings. The van der Waals surface area contributed by atoms with Gasteiger partial charge in [0.05, 0.1) is 7.11 Å². The van der Waals surface area contributed by atoms with Gasteiger partial charge in [-0.05, 0) is 51.3 Å². The monoisotopic (exact) mass is 404 g/mol. The lowest BCUT2D eigenvalue weighted by atomic mass is 9.98. The third-order valence-corrected chi connectivity index (χ3v) is 5.39. The number of amides is 2. The number of carbonyl (C=O) groups excluding carboxylic acids is 3. The van der Waals surface area contributed by atoms with Gasteiger partial charge in [-0.1, -0.05) is 32.4 Å². The second-order valence-corrected chi connectivity index (χ2v) is 8.23. The predicted molar refractivity (Wildman–Crippen MR) is 109 cm³/mol. The van der Waals surface area contributed by atoms with Crippen LogP contribution in [0.25, 0.3) is 0 Å². The van der Waals surface area contributed by atoms with Crippen molar-refractivity contribution in [1.82, 2.24) is 10.2 Å². The van der Waals surface area contributed by atoms with E-state index in [0.29, 0.717) is 11.1 Å².